The number of amides is 2. The van der Waals surface area contributed by atoms with Crippen LogP contribution in [-0.2, 0) is 4.79 Å². The van der Waals surface area contributed by atoms with E-state index in [1.165, 1.54) is 0 Å². The number of carbonyl (C=O) groups is 2. The molecule has 1 saturated carbocycles. The van der Waals surface area contributed by atoms with Crippen LogP contribution >= 0.6 is 0 Å². The van der Waals surface area contributed by atoms with E-state index in [1.807, 2.05) is 19.9 Å². The van der Waals surface area contributed by atoms with Gasteiger partial charge in [0.15, 0.2) is 0 Å². The van der Waals surface area contributed by atoms with Gasteiger partial charge in [0.2, 0.25) is 11.8 Å². The first-order chi connectivity index (χ1) is 14.4. The van der Waals surface area contributed by atoms with Crippen LogP contribution in [0.4, 0.5) is 0 Å². The molecule has 0 spiro atoms. The summed E-state index contributed by atoms with van der Waals surface area (Å²) in [5, 5.41) is 10.3. The number of hydrogen-bond donors (Lipinski definition) is 1. The second-order valence-electron chi connectivity index (χ2n) is 8.14. The van der Waals surface area contributed by atoms with E-state index in [0.29, 0.717) is 30.2 Å². The fourth-order valence-corrected chi connectivity index (χ4v) is 4.48. The molecule has 1 aromatic heterocycles. The quantitative estimate of drug-likeness (QED) is 0.784. The SMILES string of the molecule is CC(C)Oc1cc2c(O[C@H]3C[C@@H]4C[C@H]3CN4C(=O)CC#N)nccc2cc1C(N)=O. The number of aromatic nitrogens is 1. The number of fused-ring (bicyclic) bond motifs is 3. The van der Waals surface area contributed by atoms with Gasteiger partial charge in [-0.15, -0.1) is 0 Å². The van der Waals surface area contributed by atoms with Gasteiger partial charge in [-0.1, -0.05) is 0 Å². The number of primary amides is 1. The van der Waals surface area contributed by atoms with E-state index >= 15 is 0 Å². The Kier molecular flexibility index (Phi) is 5.20. The first-order valence-corrected chi connectivity index (χ1v) is 10.1. The molecule has 8 nitrogen and oxygen atoms in total. The van der Waals surface area contributed by atoms with E-state index in [9.17, 15) is 9.59 Å². The average molecular weight is 408 g/mol. The lowest BCUT2D eigenvalue weighted by Crippen LogP contribution is -2.43. The lowest BCUT2D eigenvalue weighted by molar-refractivity contribution is -0.132. The molecular formula is C22H24N4O4. The van der Waals surface area contributed by atoms with Gasteiger partial charge in [0, 0.05) is 36.5 Å². The van der Waals surface area contributed by atoms with Crippen LogP contribution in [0.5, 0.6) is 11.6 Å². The zero-order chi connectivity index (χ0) is 21.4. The molecule has 2 aliphatic rings. The zero-order valence-electron chi connectivity index (χ0n) is 17.0. The number of piperidine rings is 1. The number of carbonyl (C=O) groups excluding carboxylic acids is 2. The van der Waals surface area contributed by atoms with E-state index in [2.05, 4.69) is 4.98 Å². The van der Waals surface area contributed by atoms with Gasteiger partial charge in [-0.25, -0.2) is 4.98 Å². The molecule has 2 fully saturated rings. The van der Waals surface area contributed by atoms with Crippen molar-refractivity contribution >= 4 is 22.6 Å². The number of ether oxygens (including phenoxy) is 2. The predicted molar refractivity (Wildman–Crippen MR) is 109 cm³/mol. The molecule has 2 amide bonds. The van der Waals surface area contributed by atoms with Crippen LogP contribution in [0, 0.1) is 17.2 Å². The molecule has 2 aromatic rings. The van der Waals surface area contributed by atoms with Gasteiger partial charge in [0.05, 0.1) is 17.7 Å². The number of rotatable bonds is 6. The van der Waals surface area contributed by atoms with Crippen molar-refractivity contribution in [1.82, 2.24) is 9.88 Å². The Labute approximate surface area is 174 Å². The Morgan fingerprint density at radius 3 is 2.80 bits per heavy atom. The van der Waals surface area contributed by atoms with Crippen molar-refractivity contribution in [3.05, 3.63) is 30.0 Å². The van der Waals surface area contributed by atoms with E-state index in [-0.39, 0.29) is 36.5 Å². The first-order valence-electron chi connectivity index (χ1n) is 10.1. The van der Waals surface area contributed by atoms with Gasteiger partial charge >= 0.3 is 0 Å². The molecule has 1 aliphatic carbocycles. The minimum atomic E-state index is -0.554. The fourth-order valence-electron chi connectivity index (χ4n) is 4.48. The highest BCUT2D eigenvalue weighted by atomic mass is 16.5. The van der Waals surface area contributed by atoms with Gasteiger partial charge in [-0.3, -0.25) is 9.59 Å². The normalized spacial score (nSPS) is 22.3. The number of benzene rings is 1. The third-order valence-electron chi connectivity index (χ3n) is 5.75. The number of pyridine rings is 1. The Balaban J connectivity index is 1.59. The van der Waals surface area contributed by atoms with Crippen molar-refractivity contribution < 1.29 is 19.1 Å². The van der Waals surface area contributed by atoms with E-state index < -0.39 is 5.91 Å². The van der Waals surface area contributed by atoms with E-state index in [1.54, 1.807) is 29.3 Å². The van der Waals surface area contributed by atoms with Crippen LogP contribution in [-0.4, -0.2) is 46.5 Å². The Hall–Kier alpha value is -3.34. The summed E-state index contributed by atoms with van der Waals surface area (Å²) in [4.78, 5) is 30.2. The standard InChI is InChI=1S/C22H24N4O4/c1-12(2)29-19-10-16-13(8-17(19)21(24)28)4-6-25-22(16)30-18-9-15-7-14(18)11-26(15)20(27)3-5-23/h4,6,8,10,12,14-15,18H,3,7,9,11H2,1-2H3,(H2,24,28)/t14-,15-,18-/m0/s1. The molecule has 156 valence electrons. The predicted octanol–water partition coefficient (Wildman–Crippen LogP) is 2.40. The van der Waals surface area contributed by atoms with Gasteiger partial charge in [0.1, 0.15) is 18.3 Å². The lowest BCUT2D eigenvalue weighted by atomic mass is 10.0. The maximum Gasteiger partial charge on any atom is 0.252 e. The topological polar surface area (TPSA) is 119 Å². The van der Waals surface area contributed by atoms with Crippen LogP contribution in [0.1, 0.15) is 43.5 Å². The first kappa shape index (κ1) is 20.0. The van der Waals surface area contributed by atoms with Crippen molar-refractivity contribution in [2.24, 2.45) is 11.7 Å². The Morgan fingerprint density at radius 1 is 1.37 bits per heavy atom. The molecule has 2 bridgehead atoms. The van der Waals surface area contributed by atoms with Gasteiger partial charge in [-0.2, -0.15) is 5.26 Å². The van der Waals surface area contributed by atoms with Gasteiger partial charge in [0.25, 0.3) is 5.91 Å². The van der Waals surface area contributed by atoms with Crippen molar-refractivity contribution in [2.75, 3.05) is 6.54 Å². The highest BCUT2D eigenvalue weighted by Crippen LogP contribution is 2.41. The van der Waals surface area contributed by atoms with Crippen LogP contribution in [0.15, 0.2) is 24.4 Å². The maximum absolute atomic E-state index is 12.1. The number of nitrogens with two attached hydrogens (primary N) is 1. The van der Waals surface area contributed by atoms with Crippen LogP contribution in [0.25, 0.3) is 10.8 Å². The second kappa shape index (κ2) is 7.82. The number of nitriles is 1. The number of hydrogen-bond acceptors (Lipinski definition) is 6. The minimum Gasteiger partial charge on any atom is -0.490 e. The average Bonchev–Trinajstić information content (AvgIpc) is 3.28. The summed E-state index contributed by atoms with van der Waals surface area (Å²) in [7, 11) is 0. The zero-order valence-corrected chi connectivity index (χ0v) is 17.0. The van der Waals surface area contributed by atoms with Gasteiger partial charge < -0.3 is 20.1 Å². The maximum atomic E-state index is 12.1. The third-order valence-corrected chi connectivity index (χ3v) is 5.75. The number of nitrogens with zero attached hydrogens (tertiary/aromatic N) is 3. The van der Waals surface area contributed by atoms with Crippen LogP contribution < -0.4 is 15.2 Å². The molecule has 3 atom stereocenters. The summed E-state index contributed by atoms with van der Waals surface area (Å²) in [6.45, 7) is 4.36. The highest BCUT2D eigenvalue weighted by Gasteiger charge is 2.47. The number of likely N-dealkylation sites (tertiary alicyclic amines) is 1. The van der Waals surface area contributed by atoms with Crippen LogP contribution in [0.3, 0.4) is 0 Å². The monoisotopic (exact) mass is 408 g/mol. The second-order valence-corrected chi connectivity index (χ2v) is 8.14. The smallest absolute Gasteiger partial charge is 0.252 e. The molecule has 1 aliphatic heterocycles. The Morgan fingerprint density at radius 2 is 2.17 bits per heavy atom. The molecule has 2 N–H and O–H groups in total. The third kappa shape index (κ3) is 3.63. The van der Waals surface area contributed by atoms with Crippen molar-refractivity contribution in [2.45, 2.75) is 51.4 Å². The molecule has 30 heavy (non-hydrogen) atoms. The van der Waals surface area contributed by atoms with Crippen LogP contribution in [0.2, 0.25) is 0 Å². The highest BCUT2D eigenvalue weighted by molar-refractivity contribution is 6.01. The van der Waals surface area contributed by atoms with E-state index in [4.69, 9.17) is 20.5 Å². The summed E-state index contributed by atoms with van der Waals surface area (Å²) < 4.78 is 12.1. The summed E-state index contributed by atoms with van der Waals surface area (Å²) >= 11 is 0. The largest absolute Gasteiger partial charge is 0.490 e. The van der Waals surface area contributed by atoms with Crippen molar-refractivity contribution in [3.8, 4) is 17.7 Å². The molecule has 8 heteroatoms. The van der Waals surface area contributed by atoms with Crippen molar-refractivity contribution in [1.29, 1.82) is 5.26 Å². The molecule has 1 aromatic carbocycles. The molecule has 0 unspecified atom stereocenters. The Bertz CT molecular complexity index is 1050. The molecular weight excluding hydrogens is 384 g/mol. The molecule has 2 heterocycles. The summed E-state index contributed by atoms with van der Waals surface area (Å²) in [5.41, 5.74) is 5.85. The summed E-state index contributed by atoms with van der Waals surface area (Å²) in [6, 6.07) is 7.30. The minimum absolute atomic E-state index is 0.0514. The summed E-state index contributed by atoms with van der Waals surface area (Å²) in [6.07, 6.45) is 2.98. The molecule has 4 rings (SSSR count). The lowest BCUT2D eigenvalue weighted by Gasteiger charge is -2.31. The van der Waals surface area contributed by atoms with Crippen molar-refractivity contribution in [3.63, 3.8) is 0 Å². The molecule has 1 saturated heterocycles. The fraction of sp³-hybridized carbons (Fsp3) is 0.455. The molecule has 0 radical (unpaired) electrons. The summed E-state index contributed by atoms with van der Waals surface area (Å²) in [5.74, 6) is 0.433. The van der Waals surface area contributed by atoms with Gasteiger partial charge in [-0.05, 0) is 43.9 Å². The van der Waals surface area contributed by atoms with E-state index in [0.717, 1.165) is 17.2 Å².